The van der Waals surface area contributed by atoms with Crippen molar-refractivity contribution in [2.45, 2.75) is 93.1 Å². The minimum absolute atomic E-state index is 0.0340. The molecule has 1 heterocycles. The van der Waals surface area contributed by atoms with Gasteiger partial charge in [-0.2, -0.15) is 0 Å². The normalized spacial score (nSPS) is 41.8. The van der Waals surface area contributed by atoms with Crippen LogP contribution in [0.5, 0.6) is 0 Å². The highest BCUT2D eigenvalue weighted by Gasteiger charge is 2.45. The molecule has 31 heavy (non-hydrogen) atoms. The molecular weight excluding hydrogens is 414 g/mol. The Kier molecular flexibility index (Phi) is 10.7. The number of aliphatic hydroxyl groups excluding tert-OH is 6. The lowest BCUT2D eigenvalue weighted by Crippen LogP contribution is -2.63. The summed E-state index contributed by atoms with van der Waals surface area (Å²) in [5.41, 5.74) is 17.3. The second kappa shape index (κ2) is 12.5. The maximum absolute atomic E-state index is 10.6. The fraction of sp³-hybridized carbons (Fsp3) is 0.895. The molecule has 12 nitrogen and oxygen atoms in total. The van der Waals surface area contributed by atoms with E-state index in [1.165, 1.54) is 12.2 Å². The van der Waals surface area contributed by atoms with E-state index in [1.807, 2.05) is 0 Å². The van der Waals surface area contributed by atoms with Gasteiger partial charge in [0.25, 0.3) is 0 Å². The van der Waals surface area contributed by atoms with Gasteiger partial charge in [-0.05, 0) is 31.9 Å². The zero-order valence-electron chi connectivity index (χ0n) is 17.4. The van der Waals surface area contributed by atoms with Crippen molar-refractivity contribution in [2.75, 3.05) is 13.2 Å². The summed E-state index contributed by atoms with van der Waals surface area (Å²) in [6, 6.07) is -1.62. The molecule has 1 saturated carbocycles. The molecule has 0 amide bonds. The van der Waals surface area contributed by atoms with Crippen molar-refractivity contribution < 1.29 is 44.8 Å². The maximum Gasteiger partial charge on any atom is 0.186 e. The third-order valence-corrected chi connectivity index (χ3v) is 5.69. The maximum atomic E-state index is 10.6. The average Bonchev–Trinajstić information content (AvgIpc) is 2.86. The van der Waals surface area contributed by atoms with Gasteiger partial charge in [-0.25, -0.2) is 0 Å². The van der Waals surface area contributed by atoms with Gasteiger partial charge in [-0.15, -0.1) is 0 Å². The second-order valence-electron chi connectivity index (χ2n) is 8.10. The summed E-state index contributed by atoms with van der Waals surface area (Å²) in [7, 11) is 0. The van der Waals surface area contributed by atoms with E-state index in [0.717, 1.165) is 0 Å². The van der Waals surface area contributed by atoms with Crippen molar-refractivity contribution in [1.82, 2.24) is 0 Å². The van der Waals surface area contributed by atoms with Gasteiger partial charge < -0.3 is 62.1 Å². The molecule has 1 saturated heterocycles. The van der Waals surface area contributed by atoms with Crippen LogP contribution in [0.1, 0.15) is 25.7 Å². The Morgan fingerprint density at radius 2 is 1.74 bits per heavy atom. The largest absolute Gasteiger partial charge is 0.394 e. The second-order valence-corrected chi connectivity index (χ2v) is 8.10. The van der Waals surface area contributed by atoms with Gasteiger partial charge in [-0.3, -0.25) is 0 Å². The van der Waals surface area contributed by atoms with Crippen molar-refractivity contribution in [2.24, 2.45) is 17.2 Å². The van der Waals surface area contributed by atoms with Crippen molar-refractivity contribution >= 4 is 0 Å². The first-order chi connectivity index (χ1) is 14.7. The van der Waals surface area contributed by atoms with Crippen LogP contribution in [-0.2, 0) is 14.2 Å². The molecule has 11 atom stereocenters. The Morgan fingerprint density at radius 3 is 2.39 bits per heavy atom. The number of hydrogen-bond donors (Lipinski definition) is 9. The Hall–Kier alpha value is -0.740. The van der Waals surface area contributed by atoms with E-state index in [4.69, 9.17) is 31.4 Å². The first-order valence-electron chi connectivity index (χ1n) is 10.5. The van der Waals surface area contributed by atoms with Crippen LogP contribution in [0.2, 0.25) is 0 Å². The van der Waals surface area contributed by atoms with Crippen LogP contribution in [0.15, 0.2) is 12.2 Å². The summed E-state index contributed by atoms with van der Waals surface area (Å²) in [4.78, 5) is 0. The molecule has 0 aromatic carbocycles. The molecule has 1 aliphatic heterocycles. The summed E-state index contributed by atoms with van der Waals surface area (Å²) >= 11 is 0. The van der Waals surface area contributed by atoms with Gasteiger partial charge in [0, 0.05) is 12.5 Å². The molecule has 11 unspecified atom stereocenters. The van der Waals surface area contributed by atoms with Crippen LogP contribution in [0.3, 0.4) is 0 Å². The third kappa shape index (κ3) is 7.39. The number of rotatable bonds is 9. The molecule has 12 N–H and O–H groups in total. The Bertz CT molecular complexity index is 556. The zero-order valence-corrected chi connectivity index (χ0v) is 17.4. The summed E-state index contributed by atoms with van der Waals surface area (Å²) in [5, 5.41) is 59.8. The van der Waals surface area contributed by atoms with Gasteiger partial charge in [0.2, 0.25) is 0 Å². The molecule has 0 aromatic heterocycles. The number of ether oxygens (including phenoxy) is 3. The van der Waals surface area contributed by atoms with Crippen LogP contribution in [0, 0.1) is 0 Å². The molecule has 2 aliphatic rings. The van der Waals surface area contributed by atoms with Crippen molar-refractivity contribution in [3.63, 3.8) is 0 Å². The topological polar surface area (TPSA) is 227 Å². The molecule has 2 rings (SSSR count). The SMILES string of the molecule is NCCC(O)C=CC(O)OC1CCC(N)C(OC2OC(CO)C(O)C(N)C2O)CC1O. The van der Waals surface area contributed by atoms with Crippen LogP contribution < -0.4 is 17.2 Å². The lowest BCUT2D eigenvalue weighted by Gasteiger charge is -2.42. The van der Waals surface area contributed by atoms with Gasteiger partial charge in [0.05, 0.1) is 37.1 Å². The van der Waals surface area contributed by atoms with Crippen LogP contribution >= 0.6 is 0 Å². The molecule has 1 aliphatic carbocycles. The van der Waals surface area contributed by atoms with Gasteiger partial charge >= 0.3 is 0 Å². The van der Waals surface area contributed by atoms with E-state index in [1.54, 1.807) is 0 Å². The average molecular weight is 452 g/mol. The predicted molar refractivity (Wildman–Crippen MR) is 108 cm³/mol. The van der Waals surface area contributed by atoms with E-state index in [0.29, 0.717) is 25.8 Å². The highest BCUT2D eigenvalue weighted by Crippen LogP contribution is 2.28. The molecule has 12 heteroatoms. The summed E-state index contributed by atoms with van der Waals surface area (Å²) in [6.45, 7) is -0.215. The minimum atomic E-state index is -1.36. The first-order valence-corrected chi connectivity index (χ1v) is 10.5. The standard InChI is InChI=1S/C19H37N3O9/c20-6-5-9(24)1-4-15(26)29-12-3-2-10(21)13(7-11(12)25)30-19-18(28)16(22)17(27)14(8-23)31-19/h1,4,9-19,23-28H,2-3,5-8,20-22H2. The van der Waals surface area contributed by atoms with Crippen molar-refractivity contribution in [3.05, 3.63) is 12.2 Å². The molecule has 0 spiro atoms. The predicted octanol–water partition coefficient (Wildman–Crippen LogP) is -4.02. The molecule has 0 aromatic rings. The number of nitrogens with two attached hydrogens (primary N) is 3. The van der Waals surface area contributed by atoms with Gasteiger partial charge in [0.1, 0.15) is 18.3 Å². The van der Waals surface area contributed by atoms with Crippen LogP contribution in [0.4, 0.5) is 0 Å². The number of hydrogen-bond acceptors (Lipinski definition) is 12. The van der Waals surface area contributed by atoms with E-state index in [-0.39, 0.29) is 6.42 Å². The van der Waals surface area contributed by atoms with Crippen LogP contribution in [0.25, 0.3) is 0 Å². The smallest absolute Gasteiger partial charge is 0.186 e. The lowest BCUT2D eigenvalue weighted by molar-refractivity contribution is -0.292. The summed E-state index contributed by atoms with van der Waals surface area (Å²) < 4.78 is 16.7. The monoisotopic (exact) mass is 451 g/mol. The Balaban J connectivity index is 1.95. The van der Waals surface area contributed by atoms with E-state index >= 15 is 0 Å². The Labute approximate surface area is 181 Å². The number of aliphatic hydroxyl groups is 6. The van der Waals surface area contributed by atoms with E-state index in [2.05, 4.69) is 0 Å². The molecule has 0 radical (unpaired) electrons. The summed E-state index contributed by atoms with van der Waals surface area (Å²) in [6.07, 6.45) is -5.78. The quantitative estimate of drug-likeness (QED) is 0.0927. The molecule has 182 valence electrons. The molecule has 0 bridgehead atoms. The molecule has 2 fully saturated rings. The fourth-order valence-corrected chi connectivity index (χ4v) is 3.73. The Morgan fingerprint density at radius 1 is 1.03 bits per heavy atom. The fourth-order valence-electron chi connectivity index (χ4n) is 3.73. The third-order valence-electron chi connectivity index (χ3n) is 5.69. The minimum Gasteiger partial charge on any atom is -0.394 e. The summed E-state index contributed by atoms with van der Waals surface area (Å²) in [5.74, 6) is 0. The molecular formula is C19H37N3O9. The van der Waals surface area contributed by atoms with Gasteiger partial charge in [0.15, 0.2) is 12.6 Å². The highest BCUT2D eigenvalue weighted by molar-refractivity contribution is 4.95. The highest BCUT2D eigenvalue weighted by atomic mass is 16.7. The van der Waals surface area contributed by atoms with Gasteiger partial charge in [-0.1, -0.05) is 6.08 Å². The lowest BCUT2D eigenvalue weighted by atomic mass is 9.97. The van der Waals surface area contributed by atoms with Crippen LogP contribution in [-0.4, -0.2) is 111 Å². The van der Waals surface area contributed by atoms with E-state index in [9.17, 15) is 30.6 Å². The zero-order chi connectivity index (χ0) is 23.1. The first kappa shape index (κ1) is 26.5. The van der Waals surface area contributed by atoms with Crippen molar-refractivity contribution in [3.8, 4) is 0 Å². The van der Waals surface area contributed by atoms with E-state index < -0.39 is 74.0 Å². The van der Waals surface area contributed by atoms with Crippen molar-refractivity contribution in [1.29, 1.82) is 0 Å².